The molecule has 0 atom stereocenters. The molecule has 0 aromatic carbocycles. The average molecular weight is 197 g/mol. The van der Waals surface area contributed by atoms with E-state index in [1.54, 1.807) is 12.0 Å². The lowest BCUT2D eigenvalue weighted by Crippen LogP contribution is -2.40. The van der Waals surface area contributed by atoms with Crippen LogP contribution in [-0.4, -0.2) is 0 Å². The molecular formula is C15H17. The maximum atomic E-state index is 3.43. The van der Waals surface area contributed by atoms with Crippen molar-refractivity contribution in [3.05, 3.63) is 35.5 Å². The molecule has 1 radical (unpaired) electrons. The van der Waals surface area contributed by atoms with Gasteiger partial charge in [-0.25, -0.2) is 0 Å². The van der Waals surface area contributed by atoms with Crippen molar-refractivity contribution in [1.29, 1.82) is 0 Å². The van der Waals surface area contributed by atoms with E-state index in [0.29, 0.717) is 0 Å². The smallest absolute Gasteiger partial charge is 0.0106 e. The van der Waals surface area contributed by atoms with Crippen LogP contribution < -0.4 is 0 Å². The molecule has 0 heteroatoms. The van der Waals surface area contributed by atoms with E-state index in [0.717, 1.165) is 23.7 Å². The van der Waals surface area contributed by atoms with Gasteiger partial charge >= 0.3 is 0 Å². The van der Waals surface area contributed by atoms with Crippen LogP contribution in [0.1, 0.15) is 32.1 Å². The van der Waals surface area contributed by atoms with Gasteiger partial charge in [0, 0.05) is 0 Å². The zero-order valence-corrected chi connectivity index (χ0v) is 9.08. The van der Waals surface area contributed by atoms with Gasteiger partial charge in [-0.1, -0.05) is 23.8 Å². The van der Waals surface area contributed by atoms with E-state index in [9.17, 15) is 0 Å². The third-order valence-electron chi connectivity index (χ3n) is 4.93. The molecule has 77 valence electrons. The minimum absolute atomic E-state index is 0.930. The fourth-order valence-corrected chi connectivity index (χ4v) is 4.64. The third kappa shape index (κ3) is 1.14. The Bertz CT molecular complexity index is 337. The first kappa shape index (κ1) is 8.38. The summed E-state index contributed by atoms with van der Waals surface area (Å²) in [4.78, 5) is 0. The molecular weight excluding hydrogens is 180 g/mol. The summed E-state index contributed by atoms with van der Waals surface area (Å²) in [6.45, 7) is 0. The fourth-order valence-electron chi connectivity index (χ4n) is 4.64. The van der Waals surface area contributed by atoms with Gasteiger partial charge in [0.25, 0.3) is 0 Å². The van der Waals surface area contributed by atoms with Crippen molar-refractivity contribution in [3.63, 3.8) is 0 Å². The Hall–Kier alpha value is -0.780. The highest BCUT2D eigenvalue weighted by atomic mass is 14.5. The van der Waals surface area contributed by atoms with Gasteiger partial charge in [-0.15, -0.1) is 0 Å². The Labute approximate surface area is 91.8 Å². The van der Waals surface area contributed by atoms with Crippen molar-refractivity contribution in [1.82, 2.24) is 0 Å². The van der Waals surface area contributed by atoms with Crippen LogP contribution in [0.25, 0.3) is 0 Å². The molecule has 0 N–H and O–H groups in total. The standard InChI is InChI=1S/C15H17/c1-2-4-12(3-1)15-13-6-10-5-11(8-13)9-14(15)7-10/h1-3,10-11,13-14H,5-9H2. The Morgan fingerprint density at radius 3 is 2.13 bits per heavy atom. The predicted octanol–water partition coefficient (Wildman–Crippen LogP) is 3.67. The van der Waals surface area contributed by atoms with Gasteiger partial charge in [0.05, 0.1) is 0 Å². The lowest BCUT2D eigenvalue weighted by molar-refractivity contribution is 0.0690. The van der Waals surface area contributed by atoms with Crippen molar-refractivity contribution in [2.75, 3.05) is 0 Å². The molecule has 0 unspecified atom stereocenters. The summed E-state index contributed by atoms with van der Waals surface area (Å²) in [5.74, 6) is 4.01. The van der Waals surface area contributed by atoms with Crippen molar-refractivity contribution < 1.29 is 0 Å². The highest BCUT2D eigenvalue weighted by molar-refractivity contribution is 5.42. The van der Waals surface area contributed by atoms with E-state index in [4.69, 9.17) is 0 Å². The molecule has 0 aromatic heterocycles. The highest BCUT2D eigenvalue weighted by Gasteiger charge is 2.45. The predicted molar refractivity (Wildman–Crippen MR) is 61.0 cm³/mol. The molecule has 0 nitrogen and oxygen atoms in total. The molecule has 0 amide bonds. The summed E-state index contributed by atoms with van der Waals surface area (Å²) in [6, 6.07) is 0. The van der Waals surface area contributed by atoms with E-state index in [1.165, 1.54) is 31.3 Å². The lowest BCUT2D eigenvalue weighted by Gasteiger charge is -2.52. The van der Waals surface area contributed by atoms with E-state index in [1.807, 2.05) is 0 Å². The minimum Gasteiger partial charge on any atom is -0.0610 e. The van der Waals surface area contributed by atoms with Gasteiger partial charge in [0.2, 0.25) is 0 Å². The monoisotopic (exact) mass is 197 g/mol. The number of hydrogen-bond acceptors (Lipinski definition) is 0. The molecule has 5 rings (SSSR count). The molecule has 15 heavy (non-hydrogen) atoms. The quantitative estimate of drug-likeness (QED) is 0.556. The van der Waals surface area contributed by atoms with Crippen molar-refractivity contribution in [2.24, 2.45) is 23.7 Å². The van der Waals surface area contributed by atoms with Crippen molar-refractivity contribution >= 4 is 0 Å². The van der Waals surface area contributed by atoms with E-state index < -0.39 is 0 Å². The van der Waals surface area contributed by atoms with Gasteiger partial charge in [-0.2, -0.15) is 0 Å². The Morgan fingerprint density at radius 1 is 0.933 bits per heavy atom. The van der Waals surface area contributed by atoms with E-state index >= 15 is 0 Å². The molecule has 5 aliphatic rings. The second-order valence-electron chi connectivity index (χ2n) is 5.84. The van der Waals surface area contributed by atoms with E-state index in [-0.39, 0.29) is 0 Å². The Kier molecular flexibility index (Phi) is 1.60. The molecule has 0 saturated heterocycles. The van der Waals surface area contributed by atoms with Crippen molar-refractivity contribution in [3.8, 4) is 0 Å². The zero-order chi connectivity index (χ0) is 9.83. The largest absolute Gasteiger partial charge is 0.0610 e. The van der Waals surface area contributed by atoms with Crippen molar-refractivity contribution in [2.45, 2.75) is 32.1 Å². The van der Waals surface area contributed by atoms with Gasteiger partial charge in [0.1, 0.15) is 0 Å². The number of hydrogen-bond donors (Lipinski definition) is 0. The van der Waals surface area contributed by atoms with Crippen LogP contribution in [0.3, 0.4) is 0 Å². The summed E-state index contributed by atoms with van der Waals surface area (Å²) in [7, 11) is 0. The van der Waals surface area contributed by atoms with Crippen LogP contribution in [-0.2, 0) is 0 Å². The fraction of sp³-hybridized carbons (Fsp3) is 0.600. The molecule has 0 spiro atoms. The van der Waals surface area contributed by atoms with Gasteiger partial charge < -0.3 is 0 Å². The Balaban J connectivity index is 1.79. The zero-order valence-electron chi connectivity index (χ0n) is 9.08. The molecule has 5 aliphatic carbocycles. The third-order valence-corrected chi connectivity index (χ3v) is 4.93. The summed E-state index contributed by atoms with van der Waals surface area (Å²) >= 11 is 0. The van der Waals surface area contributed by atoms with Crippen LogP contribution in [0.15, 0.2) is 29.4 Å². The van der Waals surface area contributed by atoms with Gasteiger partial charge in [-0.3, -0.25) is 0 Å². The molecule has 0 heterocycles. The van der Waals surface area contributed by atoms with Crippen LogP contribution in [0.5, 0.6) is 0 Å². The average Bonchev–Trinajstić information content (AvgIpc) is 2.69. The molecule has 0 aliphatic heterocycles. The molecule has 0 aromatic rings. The van der Waals surface area contributed by atoms with Crippen LogP contribution in [0.4, 0.5) is 0 Å². The van der Waals surface area contributed by atoms with Crippen LogP contribution in [0.2, 0.25) is 0 Å². The number of rotatable bonds is 0. The second-order valence-corrected chi connectivity index (χ2v) is 5.84. The Morgan fingerprint density at radius 2 is 1.60 bits per heavy atom. The normalized spacial score (nSPS) is 45.9. The van der Waals surface area contributed by atoms with Crippen LogP contribution >= 0.6 is 0 Å². The SMILES string of the molecule is [C]1=CC=CC1=C1C2CC3CC(C2)CC1C3. The summed E-state index contributed by atoms with van der Waals surface area (Å²) in [5, 5.41) is 0. The van der Waals surface area contributed by atoms with Crippen LogP contribution in [0, 0.1) is 29.7 Å². The first-order chi connectivity index (χ1) is 7.40. The molecule has 4 bridgehead atoms. The maximum Gasteiger partial charge on any atom is -0.0106 e. The first-order valence-corrected chi connectivity index (χ1v) is 6.40. The summed E-state index contributed by atoms with van der Waals surface area (Å²) in [5.41, 5.74) is 3.23. The summed E-state index contributed by atoms with van der Waals surface area (Å²) in [6.07, 6.45) is 17.4. The topological polar surface area (TPSA) is 0 Å². The summed E-state index contributed by atoms with van der Waals surface area (Å²) < 4.78 is 0. The second kappa shape index (κ2) is 2.87. The van der Waals surface area contributed by atoms with Gasteiger partial charge in [-0.05, 0) is 67.4 Å². The van der Waals surface area contributed by atoms with Gasteiger partial charge in [0.15, 0.2) is 0 Å². The maximum absolute atomic E-state index is 3.43. The number of allylic oxidation sites excluding steroid dienone is 6. The molecule has 4 saturated carbocycles. The minimum atomic E-state index is 0.930. The first-order valence-electron chi connectivity index (χ1n) is 6.40. The lowest BCUT2D eigenvalue weighted by atomic mass is 9.53. The van der Waals surface area contributed by atoms with E-state index in [2.05, 4.69) is 24.3 Å². The highest BCUT2D eigenvalue weighted by Crippen LogP contribution is 2.57. The molecule has 4 fully saturated rings.